The molecule has 1 fully saturated rings. The van der Waals surface area contributed by atoms with Gasteiger partial charge in [-0.1, -0.05) is 6.07 Å². The van der Waals surface area contributed by atoms with E-state index in [1.165, 1.54) is 15.6 Å². The summed E-state index contributed by atoms with van der Waals surface area (Å²) in [5.41, 5.74) is 0.981. The van der Waals surface area contributed by atoms with Gasteiger partial charge in [0, 0.05) is 45.6 Å². The van der Waals surface area contributed by atoms with Gasteiger partial charge in [0.15, 0.2) is 0 Å². The number of carbonyl (C=O) groups is 1. The zero-order chi connectivity index (χ0) is 17.2. The molecule has 2 aromatic rings. The standard InChI is InChI=1S/C16H21N3O3S2/c1-17-8-5-14(13-17)12-15(20)18-6-3-7-19(10-9-18)24(21,22)16-4-2-11-23-16/h2,4-5,8,11,13H,3,6-7,9-10,12H2,1H3. The molecule has 1 amide bonds. The van der Waals surface area contributed by atoms with E-state index < -0.39 is 10.0 Å². The molecule has 0 bridgehead atoms. The normalized spacial score (nSPS) is 17.0. The SMILES string of the molecule is Cn1ccc(CC(=O)N2CCCN(S(=O)(=O)c3cccs3)CC2)c1. The fourth-order valence-corrected chi connectivity index (χ4v) is 5.49. The van der Waals surface area contributed by atoms with E-state index in [1.807, 2.05) is 30.1 Å². The third-order valence-corrected chi connectivity index (χ3v) is 7.42. The number of hydrogen-bond acceptors (Lipinski definition) is 4. The summed E-state index contributed by atoms with van der Waals surface area (Å²) in [5.74, 6) is 0.0524. The molecule has 0 radical (unpaired) electrons. The van der Waals surface area contributed by atoms with Gasteiger partial charge >= 0.3 is 0 Å². The first-order valence-corrected chi connectivity index (χ1v) is 10.2. The molecular formula is C16H21N3O3S2. The summed E-state index contributed by atoms with van der Waals surface area (Å²) in [5, 5.41) is 1.76. The van der Waals surface area contributed by atoms with E-state index in [2.05, 4.69) is 0 Å². The Morgan fingerprint density at radius 2 is 2.04 bits per heavy atom. The average molecular weight is 367 g/mol. The van der Waals surface area contributed by atoms with E-state index in [9.17, 15) is 13.2 Å². The maximum Gasteiger partial charge on any atom is 0.252 e. The van der Waals surface area contributed by atoms with Crippen molar-refractivity contribution < 1.29 is 13.2 Å². The molecule has 1 aliphatic rings. The van der Waals surface area contributed by atoms with Crippen LogP contribution in [0.4, 0.5) is 0 Å². The Balaban J connectivity index is 1.63. The predicted molar refractivity (Wildman–Crippen MR) is 93.4 cm³/mol. The summed E-state index contributed by atoms with van der Waals surface area (Å²) in [6.45, 7) is 1.84. The van der Waals surface area contributed by atoms with Crippen LogP contribution in [0.25, 0.3) is 0 Å². The van der Waals surface area contributed by atoms with E-state index in [0.717, 1.165) is 5.56 Å². The van der Waals surface area contributed by atoms with Crippen LogP contribution in [0.3, 0.4) is 0 Å². The van der Waals surface area contributed by atoms with Crippen molar-refractivity contribution in [3.8, 4) is 0 Å². The Bertz CT molecular complexity index is 796. The molecule has 2 aromatic heterocycles. The lowest BCUT2D eigenvalue weighted by atomic mass is 10.2. The van der Waals surface area contributed by atoms with Crippen LogP contribution in [-0.2, 0) is 28.3 Å². The largest absolute Gasteiger partial charge is 0.357 e. The topological polar surface area (TPSA) is 62.6 Å². The van der Waals surface area contributed by atoms with E-state index in [4.69, 9.17) is 0 Å². The summed E-state index contributed by atoms with van der Waals surface area (Å²) in [4.78, 5) is 14.2. The van der Waals surface area contributed by atoms with Gasteiger partial charge < -0.3 is 9.47 Å². The fraction of sp³-hybridized carbons (Fsp3) is 0.438. The van der Waals surface area contributed by atoms with Crippen molar-refractivity contribution >= 4 is 27.3 Å². The lowest BCUT2D eigenvalue weighted by molar-refractivity contribution is -0.130. The Hall–Kier alpha value is -1.64. The van der Waals surface area contributed by atoms with Gasteiger partial charge in [0.1, 0.15) is 4.21 Å². The minimum Gasteiger partial charge on any atom is -0.357 e. The van der Waals surface area contributed by atoms with Crippen molar-refractivity contribution in [2.45, 2.75) is 17.1 Å². The molecule has 0 unspecified atom stereocenters. The number of sulfonamides is 1. The van der Waals surface area contributed by atoms with Crippen LogP contribution in [0.5, 0.6) is 0 Å². The zero-order valence-corrected chi connectivity index (χ0v) is 15.2. The number of hydrogen-bond donors (Lipinski definition) is 0. The minimum absolute atomic E-state index is 0.0524. The van der Waals surface area contributed by atoms with Crippen LogP contribution in [0.1, 0.15) is 12.0 Å². The highest BCUT2D eigenvalue weighted by Crippen LogP contribution is 2.22. The Morgan fingerprint density at radius 1 is 1.21 bits per heavy atom. The molecule has 8 heteroatoms. The number of amides is 1. The van der Waals surface area contributed by atoms with Gasteiger partial charge in [0.2, 0.25) is 5.91 Å². The zero-order valence-electron chi connectivity index (χ0n) is 13.6. The summed E-state index contributed by atoms with van der Waals surface area (Å²) < 4.78 is 29.0. The third kappa shape index (κ3) is 3.71. The first-order valence-electron chi connectivity index (χ1n) is 7.89. The van der Waals surface area contributed by atoms with Gasteiger partial charge in [-0.3, -0.25) is 4.79 Å². The van der Waals surface area contributed by atoms with Crippen molar-refractivity contribution in [2.24, 2.45) is 7.05 Å². The second kappa shape index (κ2) is 7.08. The van der Waals surface area contributed by atoms with Crippen molar-refractivity contribution in [1.82, 2.24) is 13.8 Å². The lowest BCUT2D eigenvalue weighted by Gasteiger charge is -2.21. The van der Waals surface area contributed by atoms with E-state index in [-0.39, 0.29) is 5.91 Å². The molecule has 0 spiro atoms. The quantitative estimate of drug-likeness (QED) is 0.824. The fourth-order valence-electron chi connectivity index (χ4n) is 2.87. The molecule has 0 aliphatic carbocycles. The molecule has 130 valence electrons. The molecule has 3 rings (SSSR count). The smallest absolute Gasteiger partial charge is 0.252 e. The van der Waals surface area contributed by atoms with Crippen LogP contribution in [0.2, 0.25) is 0 Å². The van der Waals surface area contributed by atoms with Crippen LogP contribution in [0, 0.1) is 0 Å². The van der Waals surface area contributed by atoms with Gasteiger partial charge in [-0.15, -0.1) is 11.3 Å². The minimum atomic E-state index is -3.44. The Morgan fingerprint density at radius 3 is 2.71 bits per heavy atom. The van der Waals surface area contributed by atoms with Crippen molar-refractivity contribution in [3.05, 3.63) is 41.5 Å². The number of rotatable bonds is 4. The molecule has 0 N–H and O–H groups in total. The van der Waals surface area contributed by atoms with Gasteiger partial charge in [-0.2, -0.15) is 4.31 Å². The summed E-state index contributed by atoms with van der Waals surface area (Å²) in [7, 11) is -1.51. The molecule has 1 aliphatic heterocycles. The monoisotopic (exact) mass is 367 g/mol. The van der Waals surface area contributed by atoms with Gasteiger partial charge in [0.25, 0.3) is 10.0 Å². The summed E-state index contributed by atoms with van der Waals surface area (Å²) >= 11 is 1.23. The number of carbonyl (C=O) groups excluding carboxylic acids is 1. The Kier molecular flexibility index (Phi) is 5.07. The summed E-state index contributed by atoms with van der Waals surface area (Å²) in [6, 6.07) is 5.30. The van der Waals surface area contributed by atoms with Crippen LogP contribution >= 0.6 is 11.3 Å². The Labute approximate surface area is 146 Å². The molecular weight excluding hydrogens is 346 g/mol. The van der Waals surface area contributed by atoms with E-state index >= 15 is 0 Å². The number of aryl methyl sites for hydroxylation is 1. The molecule has 0 saturated carbocycles. The first kappa shape index (κ1) is 17.2. The predicted octanol–water partition coefficient (Wildman–Crippen LogP) is 1.55. The highest BCUT2D eigenvalue weighted by Gasteiger charge is 2.28. The molecule has 0 aromatic carbocycles. The first-order chi connectivity index (χ1) is 11.5. The van der Waals surface area contributed by atoms with E-state index in [1.54, 1.807) is 22.4 Å². The van der Waals surface area contributed by atoms with Gasteiger partial charge in [-0.25, -0.2) is 8.42 Å². The van der Waals surface area contributed by atoms with Gasteiger partial charge in [-0.05, 0) is 29.5 Å². The van der Waals surface area contributed by atoms with Gasteiger partial charge in [0.05, 0.1) is 6.42 Å². The second-order valence-corrected chi connectivity index (χ2v) is 9.04. The van der Waals surface area contributed by atoms with Crippen molar-refractivity contribution in [3.63, 3.8) is 0 Å². The molecule has 1 saturated heterocycles. The highest BCUT2D eigenvalue weighted by atomic mass is 32.2. The van der Waals surface area contributed by atoms with E-state index in [0.29, 0.717) is 43.2 Å². The van der Waals surface area contributed by atoms with Crippen molar-refractivity contribution in [2.75, 3.05) is 26.2 Å². The van der Waals surface area contributed by atoms with Crippen LogP contribution in [-0.4, -0.2) is 54.3 Å². The maximum absolute atomic E-state index is 12.6. The molecule has 0 atom stereocenters. The molecule has 6 nitrogen and oxygen atoms in total. The molecule has 3 heterocycles. The number of nitrogens with zero attached hydrogens (tertiary/aromatic N) is 3. The number of thiophene rings is 1. The average Bonchev–Trinajstić information content (AvgIpc) is 3.14. The van der Waals surface area contributed by atoms with Crippen LogP contribution in [0.15, 0.2) is 40.2 Å². The molecule has 24 heavy (non-hydrogen) atoms. The highest BCUT2D eigenvalue weighted by molar-refractivity contribution is 7.91. The van der Waals surface area contributed by atoms with Crippen molar-refractivity contribution in [1.29, 1.82) is 0 Å². The third-order valence-electron chi connectivity index (χ3n) is 4.15. The summed E-state index contributed by atoms with van der Waals surface area (Å²) in [6.07, 6.45) is 4.87. The van der Waals surface area contributed by atoms with Crippen LogP contribution < -0.4 is 0 Å². The number of aromatic nitrogens is 1. The second-order valence-electron chi connectivity index (χ2n) is 5.93. The maximum atomic E-state index is 12.6. The lowest BCUT2D eigenvalue weighted by Crippen LogP contribution is -2.37.